The van der Waals surface area contributed by atoms with Crippen molar-refractivity contribution in [2.45, 2.75) is 64.3 Å². The summed E-state index contributed by atoms with van der Waals surface area (Å²) in [6, 6.07) is 10.7. The van der Waals surface area contributed by atoms with Crippen LogP contribution in [0.1, 0.15) is 58.3 Å². The van der Waals surface area contributed by atoms with Crippen LogP contribution in [0.4, 0.5) is 5.69 Å². The fourth-order valence-electron chi connectivity index (χ4n) is 4.30. The minimum Gasteiger partial charge on any atom is -0.380 e. The zero-order valence-corrected chi connectivity index (χ0v) is 15.0. The Morgan fingerprint density at radius 1 is 1.12 bits per heavy atom. The van der Waals surface area contributed by atoms with Gasteiger partial charge in [-0.25, -0.2) is 0 Å². The fraction of sp³-hybridized carbons (Fsp3) is 0.667. The lowest BCUT2D eigenvalue weighted by atomic mass is 9.79. The van der Waals surface area contributed by atoms with E-state index >= 15 is 0 Å². The highest BCUT2D eigenvalue weighted by Crippen LogP contribution is 2.33. The van der Waals surface area contributed by atoms with Crippen LogP contribution in [0.3, 0.4) is 0 Å². The topological polar surface area (TPSA) is 32.3 Å². The third kappa shape index (κ3) is 4.52. The Kier molecular flexibility index (Phi) is 6.17. The molecular formula is C21H32N2O. The van der Waals surface area contributed by atoms with Crippen LogP contribution in [0.25, 0.3) is 0 Å². The van der Waals surface area contributed by atoms with E-state index in [0.29, 0.717) is 17.9 Å². The number of benzene rings is 1. The molecule has 1 heterocycles. The van der Waals surface area contributed by atoms with Gasteiger partial charge < -0.3 is 10.2 Å². The van der Waals surface area contributed by atoms with E-state index in [1.807, 2.05) is 6.07 Å². The Morgan fingerprint density at radius 3 is 2.58 bits per heavy atom. The summed E-state index contributed by atoms with van der Waals surface area (Å²) >= 11 is 0. The highest BCUT2D eigenvalue weighted by molar-refractivity contribution is 5.79. The van der Waals surface area contributed by atoms with Crippen LogP contribution in [-0.4, -0.2) is 29.9 Å². The number of hydrogen-bond donors (Lipinski definition) is 1. The Balaban J connectivity index is 1.43. The monoisotopic (exact) mass is 328 g/mol. The summed E-state index contributed by atoms with van der Waals surface area (Å²) in [4.78, 5) is 14.9. The molecule has 1 aliphatic heterocycles. The number of unbranched alkanes of at least 4 members (excludes halogenated alkanes) is 1. The van der Waals surface area contributed by atoms with E-state index in [0.717, 1.165) is 44.0 Å². The van der Waals surface area contributed by atoms with E-state index < -0.39 is 0 Å². The van der Waals surface area contributed by atoms with E-state index in [1.165, 1.54) is 32.1 Å². The van der Waals surface area contributed by atoms with Crippen molar-refractivity contribution >= 4 is 11.6 Å². The van der Waals surface area contributed by atoms with E-state index in [9.17, 15) is 4.79 Å². The fourth-order valence-corrected chi connectivity index (χ4v) is 4.30. The number of carbonyl (C=O) groups excluding carboxylic acids is 1. The number of likely N-dealkylation sites (tertiary alicyclic amines) is 1. The molecule has 0 spiro atoms. The minimum absolute atomic E-state index is 0.290. The zero-order valence-electron chi connectivity index (χ0n) is 15.0. The van der Waals surface area contributed by atoms with Gasteiger partial charge in [-0.2, -0.15) is 0 Å². The molecule has 1 atom stereocenters. The molecule has 24 heavy (non-hydrogen) atoms. The molecule has 1 aromatic rings. The molecule has 132 valence electrons. The van der Waals surface area contributed by atoms with E-state index in [-0.39, 0.29) is 0 Å². The molecule has 1 N–H and O–H groups in total. The van der Waals surface area contributed by atoms with Crippen molar-refractivity contribution in [3.05, 3.63) is 30.3 Å². The summed E-state index contributed by atoms with van der Waals surface area (Å²) in [5, 5.41) is 3.56. The predicted molar refractivity (Wildman–Crippen MR) is 100 cm³/mol. The number of amides is 1. The Labute approximate surface area is 146 Å². The van der Waals surface area contributed by atoms with E-state index in [1.54, 1.807) is 0 Å². The molecule has 3 nitrogen and oxygen atoms in total. The molecule has 1 aromatic carbocycles. The molecule has 1 unspecified atom stereocenters. The average Bonchev–Trinajstić information content (AvgIpc) is 3.09. The van der Waals surface area contributed by atoms with Crippen LogP contribution in [0.2, 0.25) is 0 Å². The molecule has 3 heteroatoms. The van der Waals surface area contributed by atoms with Crippen LogP contribution in [0, 0.1) is 11.8 Å². The van der Waals surface area contributed by atoms with Gasteiger partial charge in [0.05, 0.1) is 0 Å². The second kappa shape index (κ2) is 8.55. The number of nitrogens with zero attached hydrogens (tertiary/aromatic N) is 1. The molecule has 0 aromatic heterocycles. The van der Waals surface area contributed by atoms with Gasteiger partial charge in [-0.15, -0.1) is 0 Å². The highest BCUT2D eigenvalue weighted by atomic mass is 16.2. The second-order valence-electron chi connectivity index (χ2n) is 7.64. The first-order chi connectivity index (χ1) is 11.8. The van der Waals surface area contributed by atoms with Gasteiger partial charge >= 0.3 is 0 Å². The van der Waals surface area contributed by atoms with Crippen molar-refractivity contribution < 1.29 is 4.79 Å². The lowest BCUT2D eigenvalue weighted by molar-refractivity contribution is -0.135. The predicted octanol–water partition coefficient (Wildman–Crippen LogP) is 4.70. The summed E-state index contributed by atoms with van der Waals surface area (Å²) in [6.07, 6.45) is 9.81. The molecular weight excluding hydrogens is 296 g/mol. The van der Waals surface area contributed by atoms with Gasteiger partial charge in [0.15, 0.2) is 0 Å². The van der Waals surface area contributed by atoms with Gasteiger partial charge in [0.25, 0.3) is 0 Å². The zero-order chi connectivity index (χ0) is 16.8. The van der Waals surface area contributed by atoms with Crippen molar-refractivity contribution in [1.82, 2.24) is 4.90 Å². The maximum atomic E-state index is 12.8. The third-order valence-electron chi connectivity index (χ3n) is 5.81. The normalized spacial score (nSPS) is 27.2. The number of hydrogen-bond acceptors (Lipinski definition) is 2. The van der Waals surface area contributed by atoms with Gasteiger partial charge in [0.2, 0.25) is 5.91 Å². The maximum Gasteiger partial charge on any atom is 0.225 e. The molecule has 1 saturated carbocycles. The number of nitrogens with one attached hydrogen (secondary N) is 1. The molecule has 1 saturated heterocycles. The largest absolute Gasteiger partial charge is 0.380 e. The van der Waals surface area contributed by atoms with E-state index in [2.05, 4.69) is 41.4 Å². The van der Waals surface area contributed by atoms with Crippen molar-refractivity contribution in [1.29, 1.82) is 0 Å². The third-order valence-corrected chi connectivity index (χ3v) is 5.81. The van der Waals surface area contributed by atoms with Crippen LogP contribution in [0.5, 0.6) is 0 Å². The number of para-hydroxylation sites is 1. The summed E-state index contributed by atoms with van der Waals surface area (Å²) < 4.78 is 0. The van der Waals surface area contributed by atoms with Crippen molar-refractivity contribution in [2.24, 2.45) is 11.8 Å². The first-order valence-electron chi connectivity index (χ1n) is 9.86. The number of carbonyl (C=O) groups is 1. The summed E-state index contributed by atoms with van der Waals surface area (Å²) in [6.45, 7) is 4.05. The van der Waals surface area contributed by atoms with E-state index in [4.69, 9.17) is 0 Å². The van der Waals surface area contributed by atoms with Gasteiger partial charge in [0.1, 0.15) is 0 Å². The van der Waals surface area contributed by atoms with Crippen molar-refractivity contribution in [2.75, 3.05) is 18.4 Å². The Bertz CT molecular complexity index is 508. The lowest BCUT2D eigenvalue weighted by Crippen LogP contribution is -2.37. The van der Waals surface area contributed by atoms with Crippen LogP contribution >= 0.6 is 0 Å². The minimum atomic E-state index is 0.290. The molecule has 2 aliphatic rings. The summed E-state index contributed by atoms with van der Waals surface area (Å²) in [7, 11) is 0. The highest BCUT2D eigenvalue weighted by Gasteiger charge is 2.33. The molecule has 1 aliphatic carbocycles. The van der Waals surface area contributed by atoms with Crippen LogP contribution < -0.4 is 5.32 Å². The first kappa shape index (κ1) is 17.3. The standard InChI is InChI=1S/C21H32N2O/c1-2-3-7-17-10-12-18(13-11-17)21(24)23-15-14-20(16-23)22-19-8-5-4-6-9-19/h4-6,8-9,17-18,20,22H,2-3,7,10-16H2,1H3. The van der Waals surface area contributed by atoms with Gasteiger partial charge in [-0.1, -0.05) is 44.4 Å². The van der Waals surface area contributed by atoms with Crippen LogP contribution in [0.15, 0.2) is 30.3 Å². The SMILES string of the molecule is CCCCC1CCC(C(=O)N2CCC(Nc3ccccc3)C2)CC1. The molecule has 3 rings (SSSR count). The number of rotatable bonds is 6. The Hall–Kier alpha value is -1.51. The quantitative estimate of drug-likeness (QED) is 0.821. The van der Waals surface area contributed by atoms with Gasteiger partial charge in [-0.3, -0.25) is 4.79 Å². The molecule has 0 bridgehead atoms. The molecule has 0 radical (unpaired) electrons. The number of anilines is 1. The lowest BCUT2D eigenvalue weighted by Gasteiger charge is -2.30. The van der Waals surface area contributed by atoms with Crippen LogP contribution in [-0.2, 0) is 4.79 Å². The van der Waals surface area contributed by atoms with Crippen molar-refractivity contribution in [3.8, 4) is 0 Å². The Morgan fingerprint density at radius 2 is 1.88 bits per heavy atom. The molecule has 2 fully saturated rings. The average molecular weight is 329 g/mol. The van der Waals surface area contributed by atoms with Gasteiger partial charge in [-0.05, 0) is 50.2 Å². The smallest absolute Gasteiger partial charge is 0.225 e. The summed E-state index contributed by atoms with van der Waals surface area (Å²) in [5.41, 5.74) is 1.16. The van der Waals surface area contributed by atoms with Gasteiger partial charge in [0, 0.05) is 30.7 Å². The summed E-state index contributed by atoms with van der Waals surface area (Å²) in [5.74, 6) is 1.58. The van der Waals surface area contributed by atoms with Crippen molar-refractivity contribution in [3.63, 3.8) is 0 Å². The second-order valence-corrected chi connectivity index (χ2v) is 7.64. The molecule has 1 amide bonds. The first-order valence-corrected chi connectivity index (χ1v) is 9.86. The maximum absolute atomic E-state index is 12.8.